The molecule has 14 heavy (non-hydrogen) atoms. The summed E-state index contributed by atoms with van der Waals surface area (Å²) in [6, 6.07) is 0.215. The molecule has 0 aliphatic heterocycles. The fraction of sp³-hybridized carbons (Fsp3) is 0.889. The van der Waals surface area contributed by atoms with E-state index < -0.39 is 7.60 Å². The molecular formula is C9H20NO3P. The van der Waals surface area contributed by atoms with Gasteiger partial charge in [0.1, 0.15) is 0 Å². The molecule has 0 aliphatic rings. The molecule has 0 heterocycles. The van der Waals surface area contributed by atoms with E-state index in [1.165, 1.54) is 0 Å². The minimum Gasteiger partial charge on any atom is -0.309 e. The molecule has 84 valence electrons. The Labute approximate surface area is 86.2 Å². The number of nitrogens with zero attached hydrogens (tertiary/aromatic N) is 1. The van der Waals surface area contributed by atoms with E-state index in [2.05, 4.69) is 4.99 Å². The third kappa shape index (κ3) is 6.30. The molecule has 0 amide bonds. The van der Waals surface area contributed by atoms with Crippen LogP contribution in [0.1, 0.15) is 27.7 Å². The fourth-order valence-corrected chi connectivity index (χ4v) is 2.26. The van der Waals surface area contributed by atoms with Crippen molar-refractivity contribution in [3.8, 4) is 0 Å². The Morgan fingerprint density at radius 2 is 1.79 bits per heavy atom. The highest BCUT2D eigenvalue weighted by atomic mass is 31.2. The van der Waals surface area contributed by atoms with Crippen molar-refractivity contribution < 1.29 is 13.6 Å². The second kappa shape index (κ2) is 7.16. The molecule has 5 heteroatoms. The predicted molar refractivity (Wildman–Crippen MR) is 59.4 cm³/mol. The van der Waals surface area contributed by atoms with Crippen molar-refractivity contribution >= 4 is 13.8 Å². The molecule has 0 spiro atoms. The highest BCUT2D eigenvalue weighted by Gasteiger charge is 2.21. The molecule has 0 saturated carbocycles. The average Bonchev–Trinajstić information content (AvgIpc) is 2.03. The maximum Gasteiger partial charge on any atom is 0.335 e. The molecule has 4 nitrogen and oxygen atoms in total. The normalized spacial score (nSPS) is 12.9. The number of hydrogen-bond donors (Lipinski definition) is 0. The zero-order valence-corrected chi connectivity index (χ0v) is 10.3. The van der Waals surface area contributed by atoms with Gasteiger partial charge >= 0.3 is 7.60 Å². The van der Waals surface area contributed by atoms with Crippen LogP contribution in [0.25, 0.3) is 0 Å². The third-order valence-electron chi connectivity index (χ3n) is 1.36. The lowest BCUT2D eigenvalue weighted by Gasteiger charge is -2.14. The summed E-state index contributed by atoms with van der Waals surface area (Å²) in [5.41, 5.74) is 0. The molecule has 0 aromatic rings. The predicted octanol–water partition coefficient (Wildman–Crippen LogP) is 2.73. The molecule has 0 bridgehead atoms. The second-order valence-electron chi connectivity index (χ2n) is 3.05. The first-order chi connectivity index (χ1) is 6.54. The van der Waals surface area contributed by atoms with Crippen LogP contribution in [0.4, 0.5) is 0 Å². The molecular weight excluding hydrogens is 201 g/mol. The van der Waals surface area contributed by atoms with Crippen LogP contribution in [-0.2, 0) is 13.6 Å². The molecule has 0 aromatic carbocycles. The molecule has 0 fully saturated rings. The minimum atomic E-state index is -2.92. The van der Waals surface area contributed by atoms with Crippen LogP contribution in [0, 0.1) is 0 Å². The van der Waals surface area contributed by atoms with Crippen molar-refractivity contribution in [1.29, 1.82) is 0 Å². The maximum absolute atomic E-state index is 11.9. The largest absolute Gasteiger partial charge is 0.335 e. The number of aliphatic imine (C=N–C) groups is 1. The maximum atomic E-state index is 11.9. The molecule has 0 atom stereocenters. The van der Waals surface area contributed by atoms with Gasteiger partial charge < -0.3 is 9.05 Å². The fourth-order valence-electron chi connectivity index (χ4n) is 0.894. The van der Waals surface area contributed by atoms with Crippen LogP contribution in [0.2, 0.25) is 0 Å². The van der Waals surface area contributed by atoms with E-state index in [9.17, 15) is 4.57 Å². The van der Waals surface area contributed by atoms with Crippen molar-refractivity contribution in [3.63, 3.8) is 0 Å². The van der Waals surface area contributed by atoms with Crippen LogP contribution in [0.3, 0.4) is 0 Å². The Kier molecular flexibility index (Phi) is 7.06. The zero-order valence-electron chi connectivity index (χ0n) is 9.40. The summed E-state index contributed by atoms with van der Waals surface area (Å²) < 4.78 is 22.0. The van der Waals surface area contributed by atoms with E-state index >= 15 is 0 Å². The summed E-state index contributed by atoms with van der Waals surface area (Å²) in [6.07, 6.45) is 1.88. The SMILES string of the molecule is CCOP(=O)(CC=NC(C)C)OCC. The highest BCUT2D eigenvalue weighted by Crippen LogP contribution is 2.46. The van der Waals surface area contributed by atoms with E-state index in [1.807, 2.05) is 13.8 Å². The summed E-state index contributed by atoms with van der Waals surface area (Å²) in [7, 11) is -2.92. The van der Waals surface area contributed by atoms with Gasteiger partial charge in [0.15, 0.2) is 0 Å². The van der Waals surface area contributed by atoms with E-state index in [0.29, 0.717) is 13.2 Å². The Balaban J connectivity index is 4.15. The van der Waals surface area contributed by atoms with Gasteiger partial charge in [0, 0.05) is 12.3 Å². The lowest BCUT2D eigenvalue weighted by atomic mass is 10.4. The number of hydrogen-bond acceptors (Lipinski definition) is 4. The van der Waals surface area contributed by atoms with Crippen molar-refractivity contribution in [2.45, 2.75) is 33.7 Å². The quantitative estimate of drug-likeness (QED) is 0.490. The van der Waals surface area contributed by atoms with Gasteiger partial charge in [-0.05, 0) is 27.7 Å². The Hall–Kier alpha value is -0.180. The zero-order chi connectivity index (χ0) is 11.0. The van der Waals surface area contributed by atoms with Gasteiger partial charge in [-0.15, -0.1) is 0 Å². The van der Waals surface area contributed by atoms with Gasteiger partial charge in [0.2, 0.25) is 0 Å². The van der Waals surface area contributed by atoms with Crippen LogP contribution >= 0.6 is 7.60 Å². The monoisotopic (exact) mass is 221 g/mol. The van der Waals surface area contributed by atoms with Gasteiger partial charge in [0.25, 0.3) is 0 Å². The highest BCUT2D eigenvalue weighted by molar-refractivity contribution is 7.54. The summed E-state index contributed by atoms with van der Waals surface area (Å²) in [5.74, 6) is 0. The molecule has 0 radical (unpaired) electrons. The third-order valence-corrected chi connectivity index (χ3v) is 3.27. The van der Waals surface area contributed by atoms with Crippen LogP contribution in [-0.4, -0.2) is 31.6 Å². The summed E-state index contributed by atoms with van der Waals surface area (Å²) >= 11 is 0. The van der Waals surface area contributed by atoms with Crippen LogP contribution < -0.4 is 0 Å². The Bertz CT molecular complexity index is 206. The first-order valence-corrected chi connectivity index (χ1v) is 6.66. The van der Waals surface area contributed by atoms with Gasteiger partial charge in [-0.2, -0.15) is 0 Å². The van der Waals surface area contributed by atoms with Crippen LogP contribution in [0.5, 0.6) is 0 Å². The van der Waals surface area contributed by atoms with Gasteiger partial charge in [-0.25, -0.2) is 0 Å². The van der Waals surface area contributed by atoms with E-state index in [4.69, 9.17) is 9.05 Å². The molecule has 0 N–H and O–H groups in total. The molecule has 0 unspecified atom stereocenters. The van der Waals surface area contributed by atoms with E-state index in [0.717, 1.165) is 0 Å². The molecule has 0 saturated heterocycles. The number of rotatable bonds is 7. The Morgan fingerprint density at radius 3 is 2.14 bits per heavy atom. The van der Waals surface area contributed by atoms with Crippen LogP contribution in [0.15, 0.2) is 4.99 Å². The standard InChI is InChI=1S/C9H20NO3P/c1-5-12-14(11,13-6-2)8-7-10-9(3)4/h7,9H,5-6,8H2,1-4H3. The van der Waals surface area contributed by atoms with E-state index in [-0.39, 0.29) is 12.2 Å². The van der Waals surface area contributed by atoms with Gasteiger partial charge in [0.05, 0.1) is 19.4 Å². The lowest BCUT2D eigenvalue weighted by Crippen LogP contribution is -2.02. The van der Waals surface area contributed by atoms with E-state index in [1.54, 1.807) is 20.1 Å². The summed E-state index contributed by atoms with van der Waals surface area (Å²) in [4.78, 5) is 4.12. The van der Waals surface area contributed by atoms with Crippen molar-refractivity contribution in [3.05, 3.63) is 0 Å². The summed E-state index contributed by atoms with van der Waals surface area (Å²) in [6.45, 7) is 8.31. The first-order valence-electron chi connectivity index (χ1n) is 4.93. The molecule has 0 aromatic heterocycles. The smallest absolute Gasteiger partial charge is 0.309 e. The van der Waals surface area contributed by atoms with Gasteiger partial charge in [-0.1, -0.05) is 0 Å². The second-order valence-corrected chi connectivity index (χ2v) is 5.16. The van der Waals surface area contributed by atoms with Crippen molar-refractivity contribution in [2.75, 3.05) is 19.4 Å². The Morgan fingerprint density at radius 1 is 1.29 bits per heavy atom. The van der Waals surface area contributed by atoms with Crippen molar-refractivity contribution in [2.24, 2.45) is 4.99 Å². The lowest BCUT2D eigenvalue weighted by molar-refractivity contribution is 0.223. The minimum absolute atomic E-state index is 0.215. The summed E-state index contributed by atoms with van der Waals surface area (Å²) in [5, 5.41) is 0. The molecule has 0 aliphatic carbocycles. The van der Waals surface area contributed by atoms with Crippen molar-refractivity contribution in [1.82, 2.24) is 0 Å². The molecule has 0 rings (SSSR count). The topological polar surface area (TPSA) is 47.9 Å². The average molecular weight is 221 g/mol. The van der Waals surface area contributed by atoms with Gasteiger partial charge in [-0.3, -0.25) is 9.56 Å². The first kappa shape index (κ1) is 13.8.